The van der Waals surface area contributed by atoms with Crippen molar-refractivity contribution >= 4 is 11.8 Å². The molecular weight excluding hydrogens is 154 g/mol. The van der Waals surface area contributed by atoms with Crippen LogP contribution in [-0.2, 0) is 0 Å². The molecule has 66 valence electrons. The van der Waals surface area contributed by atoms with Crippen molar-refractivity contribution in [3.05, 3.63) is 0 Å². The molecule has 1 fully saturated rings. The maximum Gasteiger partial charge on any atom is 0.00739 e. The van der Waals surface area contributed by atoms with E-state index in [2.05, 4.69) is 37.6 Å². The summed E-state index contributed by atoms with van der Waals surface area (Å²) in [5, 5.41) is 1.75. The fourth-order valence-corrected chi connectivity index (χ4v) is 2.76. The molecule has 0 amide bonds. The minimum atomic E-state index is 0.809. The molecule has 0 saturated carbocycles. The summed E-state index contributed by atoms with van der Waals surface area (Å²) in [4.78, 5) is 2.43. The molecule has 0 aromatic carbocycles. The molecule has 2 heteroatoms. The molecule has 1 saturated heterocycles. The third kappa shape index (κ3) is 3.48. The summed E-state index contributed by atoms with van der Waals surface area (Å²) in [6.45, 7) is 7.18. The van der Waals surface area contributed by atoms with E-state index in [1.165, 1.54) is 25.9 Å². The van der Waals surface area contributed by atoms with Crippen LogP contribution in [0, 0.1) is 0 Å². The lowest BCUT2D eigenvalue weighted by molar-refractivity contribution is 0.282. The highest BCUT2D eigenvalue weighted by atomic mass is 32.2. The highest BCUT2D eigenvalue weighted by Crippen LogP contribution is 2.25. The van der Waals surface area contributed by atoms with Gasteiger partial charge in [0.25, 0.3) is 0 Å². The summed E-state index contributed by atoms with van der Waals surface area (Å²) in [6.07, 6.45) is 2.78. The average Bonchev–Trinajstić information content (AvgIpc) is 1.93. The van der Waals surface area contributed by atoms with Crippen LogP contribution in [-0.4, -0.2) is 35.5 Å². The zero-order chi connectivity index (χ0) is 8.27. The predicted octanol–water partition coefficient (Wildman–Crippen LogP) is 2.22. The van der Waals surface area contributed by atoms with Crippen LogP contribution in [0.5, 0.6) is 0 Å². The van der Waals surface area contributed by atoms with Gasteiger partial charge in [0, 0.05) is 5.25 Å². The Bertz CT molecular complexity index is 106. The van der Waals surface area contributed by atoms with Gasteiger partial charge in [0.2, 0.25) is 0 Å². The van der Waals surface area contributed by atoms with E-state index in [-0.39, 0.29) is 0 Å². The Morgan fingerprint density at radius 2 is 1.82 bits per heavy atom. The van der Waals surface area contributed by atoms with E-state index in [0.717, 1.165) is 10.5 Å². The lowest BCUT2D eigenvalue weighted by Crippen LogP contribution is -2.31. The second-order valence-electron chi connectivity index (χ2n) is 3.69. The largest absolute Gasteiger partial charge is 0.306 e. The Kier molecular flexibility index (Phi) is 3.73. The number of nitrogens with zero attached hydrogens (tertiary/aromatic N) is 1. The van der Waals surface area contributed by atoms with Gasteiger partial charge in [-0.1, -0.05) is 13.8 Å². The second kappa shape index (κ2) is 4.36. The number of rotatable bonds is 2. The first-order valence-electron chi connectivity index (χ1n) is 4.52. The summed E-state index contributed by atoms with van der Waals surface area (Å²) in [7, 11) is 2.22. The maximum atomic E-state index is 2.43. The molecular formula is C9H19NS. The standard InChI is InChI=1S/C9H19NS/c1-8(2)11-9-4-6-10(3)7-5-9/h8-9H,4-7H2,1-3H3. The molecule has 0 aliphatic carbocycles. The summed E-state index contributed by atoms with van der Waals surface area (Å²) in [6, 6.07) is 0. The molecule has 0 bridgehead atoms. The van der Waals surface area contributed by atoms with Crippen molar-refractivity contribution in [2.75, 3.05) is 20.1 Å². The number of piperidine rings is 1. The third-order valence-corrected chi connectivity index (χ3v) is 3.53. The van der Waals surface area contributed by atoms with E-state index < -0.39 is 0 Å². The molecule has 1 nitrogen and oxygen atoms in total. The van der Waals surface area contributed by atoms with E-state index in [4.69, 9.17) is 0 Å². The molecule has 1 heterocycles. The zero-order valence-corrected chi connectivity index (χ0v) is 8.66. The average molecular weight is 173 g/mol. The summed E-state index contributed by atoms with van der Waals surface area (Å²) >= 11 is 2.15. The first-order chi connectivity index (χ1) is 5.18. The van der Waals surface area contributed by atoms with Crippen LogP contribution in [0.15, 0.2) is 0 Å². The van der Waals surface area contributed by atoms with Crippen LogP contribution in [0.25, 0.3) is 0 Å². The molecule has 0 atom stereocenters. The Morgan fingerprint density at radius 3 is 2.27 bits per heavy atom. The topological polar surface area (TPSA) is 3.24 Å². The maximum absolute atomic E-state index is 2.43. The predicted molar refractivity (Wildman–Crippen MR) is 53.2 cm³/mol. The monoisotopic (exact) mass is 173 g/mol. The summed E-state index contributed by atoms with van der Waals surface area (Å²) < 4.78 is 0. The smallest absolute Gasteiger partial charge is 0.00739 e. The van der Waals surface area contributed by atoms with Gasteiger partial charge in [-0.2, -0.15) is 11.8 Å². The highest BCUT2D eigenvalue weighted by Gasteiger charge is 2.17. The SMILES string of the molecule is CC(C)SC1CCN(C)CC1. The van der Waals surface area contributed by atoms with Gasteiger partial charge in [0.15, 0.2) is 0 Å². The molecule has 1 aliphatic heterocycles. The first-order valence-corrected chi connectivity index (χ1v) is 5.47. The number of hydrogen-bond acceptors (Lipinski definition) is 2. The van der Waals surface area contributed by atoms with E-state index in [9.17, 15) is 0 Å². The number of thioether (sulfide) groups is 1. The van der Waals surface area contributed by atoms with Gasteiger partial charge >= 0.3 is 0 Å². The molecule has 0 radical (unpaired) electrons. The van der Waals surface area contributed by atoms with Gasteiger partial charge in [0.1, 0.15) is 0 Å². The Morgan fingerprint density at radius 1 is 1.27 bits per heavy atom. The Balaban J connectivity index is 2.17. The van der Waals surface area contributed by atoms with Gasteiger partial charge in [-0.15, -0.1) is 0 Å². The molecule has 1 rings (SSSR count). The molecule has 0 spiro atoms. The van der Waals surface area contributed by atoms with Crippen molar-refractivity contribution < 1.29 is 0 Å². The normalized spacial score (nSPS) is 22.9. The van der Waals surface area contributed by atoms with Gasteiger partial charge < -0.3 is 4.90 Å². The molecule has 0 aromatic heterocycles. The van der Waals surface area contributed by atoms with Gasteiger partial charge in [-0.25, -0.2) is 0 Å². The number of likely N-dealkylation sites (tertiary alicyclic amines) is 1. The van der Waals surface area contributed by atoms with E-state index >= 15 is 0 Å². The molecule has 11 heavy (non-hydrogen) atoms. The lowest BCUT2D eigenvalue weighted by Gasteiger charge is -2.29. The van der Waals surface area contributed by atoms with Crippen molar-refractivity contribution in [1.82, 2.24) is 4.90 Å². The van der Waals surface area contributed by atoms with Gasteiger partial charge in [0.05, 0.1) is 0 Å². The summed E-state index contributed by atoms with van der Waals surface area (Å²) in [5.41, 5.74) is 0. The van der Waals surface area contributed by atoms with E-state index in [1.807, 2.05) is 0 Å². The van der Waals surface area contributed by atoms with Crippen molar-refractivity contribution in [3.8, 4) is 0 Å². The fraction of sp³-hybridized carbons (Fsp3) is 1.00. The molecule has 1 aliphatic rings. The Hall–Kier alpha value is 0.310. The highest BCUT2D eigenvalue weighted by molar-refractivity contribution is 8.00. The third-order valence-electron chi connectivity index (χ3n) is 2.13. The Labute approximate surface area is 74.5 Å². The minimum Gasteiger partial charge on any atom is -0.306 e. The molecule has 0 aromatic rings. The van der Waals surface area contributed by atoms with Gasteiger partial charge in [-0.05, 0) is 38.2 Å². The van der Waals surface area contributed by atoms with Crippen molar-refractivity contribution in [2.45, 2.75) is 37.2 Å². The molecule has 0 N–H and O–H groups in total. The van der Waals surface area contributed by atoms with Crippen LogP contribution in [0.3, 0.4) is 0 Å². The summed E-state index contributed by atoms with van der Waals surface area (Å²) in [5.74, 6) is 0. The zero-order valence-electron chi connectivity index (χ0n) is 7.84. The van der Waals surface area contributed by atoms with Crippen LogP contribution in [0.4, 0.5) is 0 Å². The van der Waals surface area contributed by atoms with Crippen molar-refractivity contribution in [1.29, 1.82) is 0 Å². The fourth-order valence-electron chi connectivity index (χ4n) is 1.51. The van der Waals surface area contributed by atoms with Crippen LogP contribution < -0.4 is 0 Å². The van der Waals surface area contributed by atoms with Crippen molar-refractivity contribution in [3.63, 3.8) is 0 Å². The van der Waals surface area contributed by atoms with E-state index in [1.54, 1.807) is 0 Å². The van der Waals surface area contributed by atoms with Crippen molar-refractivity contribution in [2.24, 2.45) is 0 Å². The second-order valence-corrected chi connectivity index (χ2v) is 5.57. The van der Waals surface area contributed by atoms with Crippen LogP contribution in [0.1, 0.15) is 26.7 Å². The minimum absolute atomic E-state index is 0.809. The molecule has 0 unspecified atom stereocenters. The van der Waals surface area contributed by atoms with E-state index in [0.29, 0.717) is 0 Å². The number of hydrogen-bond donors (Lipinski definition) is 0. The lowest BCUT2D eigenvalue weighted by atomic mass is 10.1. The van der Waals surface area contributed by atoms with Gasteiger partial charge in [-0.3, -0.25) is 0 Å². The quantitative estimate of drug-likeness (QED) is 0.630. The van der Waals surface area contributed by atoms with Crippen LogP contribution >= 0.6 is 11.8 Å². The van der Waals surface area contributed by atoms with Crippen LogP contribution in [0.2, 0.25) is 0 Å². The first kappa shape index (κ1) is 9.40.